The van der Waals surface area contributed by atoms with E-state index in [9.17, 15) is 38.2 Å². The summed E-state index contributed by atoms with van der Waals surface area (Å²) in [6, 6.07) is 23.3. The standard InChI is InChI=1S/C34H33F3N2O6.C34H33F3N2O5S/c1-19-12-22-23-13-25(36)24-14-26-20(17-38-39(26)21-8-5-4-6-9-21)15-31(24,2)33(23,37)28(40)16-32(22,3)34(19,30(42)44-18-35)45-29(41)27-10-7-11-43-27;1-19-12-22-23-13-25(36)24-14-26-20(17-38-39(26)21-8-5-4-6-9-21)15-31(24,2)33(23,37)28(40)16-32(22,3)34(19,30(42)45-18-35)44-29(41)27-10-7-11-43-27/h2*4-11,13-14,17,19,22-23,28,40H,12,15-16,18H2,1-3H3/t2*19-,22?,23?,28?,31+,32+,33+,34+/m11/s1. The van der Waals surface area contributed by atoms with Crippen molar-refractivity contribution in [2.45, 2.75) is 115 Å². The molecule has 2 aromatic carbocycles. The Hall–Kier alpha value is -7.69. The Kier molecular flexibility index (Phi) is 14.6. The van der Waals surface area contributed by atoms with Gasteiger partial charge in [-0.2, -0.15) is 10.2 Å². The number of nitrogens with zero attached hydrogens (tertiary/aromatic N) is 4. The van der Waals surface area contributed by atoms with Crippen LogP contribution in [0.1, 0.15) is 111 Å². The van der Waals surface area contributed by atoms with Crippen molar-refractivity contribution in [2.75, 3.05) is 12.9 Å². The van der Waals surface area contributed by atoms with Crippen LogP contribution < -0.4 is 0 Å². The van der Waals surface area contributed by atoms with Crippen LogP contribution in [-0.2, 0) is 36.6 Å². The largest absolute Gasteiger partial charge is 0.457 e. The third-order valence-electron chi connectivity index (χ3n) is 22.4. The maximum atomic E-state index is 18.1. The molecule has 6 unspecified atom stereocenters. The van der Waals surface area contributed by atoms with E-state index < -0.39 is 139 Å². The van der Waals surface area contributed by atoms with E-state index in [1.54, 1.807) is 75.5 Å². The third kappa shape index (κ3) is 8.19. The normalized spacial score (nSPS) is 36.6. The Morgan fingerprint density at radius 1 is 0.633 bits per heavy atom. The lowest BCUT2D eigenvalue weighted by Crippen LogP contribution is -2.70. The fraction of sp³-hybridized carbons (Fsp3) is 0.441. The Bertz CT molecular complexity index is 3730. The van der Waals surface area contributed by atoms with Gasteiger partial charge in [-0.1, -0.05) is 77.9 Å². The molecule has 16 atom stereocenters. The Morgan fingerprint density at radius 2 is 1.06 bits per heavy atom. The van der Waals surface area contributed by atoms with Crippen LogP contribution in [0.2, 0.25) is 0 Å². The van der Waals surface area contributed by atoms with Crippen molar-refractivity contribution >= 4 is 46.9 Å². The van der Waals surface area contributed by atoms with Crippen LogP contribution in [-0.4, -0.2) is 100 Å². The zero-order valence-corrected chi connectivity index (χ0v) is 50.8. The molecular weight excluding hydrogens is 1190 g/mol. The van der Waals surface area contributed by atoms with Gasteiger partial charge < -0.3 is 33.3 Å². The highest BCUT2D eigenvalue weighted by Gasteiger charge is 2.80. The molecule has 22 heteroatoms. The van der Waals surface area contributed by atoms with Crippen molar-refractivity contribution in [3.63, 3.8) is 0 Å². The van der Waals surface area contributed by atoms with Gasteiger partial charge >= 0.3 is 17.9 Å². The minimum Gasteiger partial charge on any atom is -0.457 e. The molecule has 0 amide bonds. The van der Waals surface area contributed by atoms with Crippen LogP contribution in [0.5, 0.6) is 0 Å². The second-order valence-corrected chi connectivity index (χ2v) is 27.3. The number of furan rings is 2. The lowest BCUT2D eigenvalue weighted by atomic mass is 9.45. The lowest BCUT2D eigenvalue weighted by molar-refractivity contribution is -0.223. The van der Waals surface area contributed by atoms with Gasteiger partial charge in [0.1, 0.15) is 17.7 Å². The number of rotatable bonds is 10. The van der Waals surface area contributed by atoms with E-state index in [2.05, 4.69) is 10.2 Å². The molecule has 90 heavy (non-hydrogen) atoms. The van der Waals surface area contributed by atoms with Crippen LogP contribution in [0.3, 0.4) is 0 Å². The summed E-state index contributed by atoms with van der Waals surface area (Å²) < 4.78 is 127. The van der Waals surface area contributed by atoms with Crippen LogP contribution in [0.25, 0.3) is 23.5 Å². The maximum Gasteiger partial charge on any atom is 0.375 e. The van der Waals surface area contributed by atoms with E-state index >= 15 is 17.6 Å². The predicted octanol–water partition coefficient (Wildman–Crippen LogP) is 12.9. The minimum absolute atomic E-state index is 0.0633. The van der Waals surface area contributed by atoms with E-state index in [1.165, 1.54) is 48.9 Å². The SMILES string of the molecule is C[C@@H]1CC2C3C=C(F)C4=Cc5c(cnn5-c5ccccc5)C[C@]4(C)[C@@]3(F)C(O)C[C@]2(C)[C@@]1(OC(=O)c1ccco1)C(=O)OCF.C[C@@H]1CC2C3C=C(F)C4=Cc5c(cnn5-c5ccccc5)C[C@]4(C)[C@@]3(F)C(O)C[C@]2(C)[C@@]1(OC(=O)c1ccco1)C(=O)SCF. The molecule has 15 nitrogen and oxygen atoms in total. The van der Waals surface area contributed by atoms with E-state index in [1.807, 2.05) is 60.7 Å². The minimum atomic E-state index is -2.38. The number of allylic oxidation sites excluding steroid dienone is 6. The van der Waals surface area contributed by atoms with Gasteiger partial charge in [0.15, 0.2) is 16.9 Å². The summed E-state index contributed by atoms with van der Waals surface area (Å²) in [6.45, 7) is 8.37. The van der Waals surface area contributed by atoms with E-state index in [-0.39, 0.29) is 61.2 Å². The molecule has 472 valence electrons. The molecule has 8 aliphatic carbocycles. The van der Waals surface area contributed by atoms with Crippen molar-refractivity contribution in [1.82, 2.24) is 19.6 Å². The number of hydrogen-bond acceptors (Lipinski definition) is 14. The van der Waals surface area contributed by atoms with Gasteiger partial charge in [-0.3, -0.25) is 4.79 Å². The summed E-state index contributed by atoms with van der Waals surface area (Å²) in [7, 11) is 0. The smallest absolute Gasteiger partial charge is 0.375 e. The molecular formula is C68H66F6N4O11S. The first-order valence-electron chi connectivity index (χ1n) is 30.0. The number of halogens is 6. The van der Waals surface area contributed by atoms with Gasteiger partial charge in [0, 0.05) is 45.3 Å². The molecule has 4 saturated carbocycles. The number of thioether (sulfide) groups is 1. The first-order chi connectivity index (χ1) is 42.8. The first kappa shape index (κ1) is 61.2. The number of fused-ring (bicyclic) bond motifs is 12. The zero-order valence-electron chi connectivity index (χ0n) is 50.0. The summed E-state index contributed by atoms with van der Waals surface area (Å²) in [6.07, 6.45) is 7.92. The second kappa shape index (κ2) is 21.5. The lowest BCUT2D eigenvalue weighted by Gasteiger charge is -2.62. The van der Waals surface area contributed by atoms with Gasteiger partial charge in [0.2, 0.25) is 29.1 Å². The molecule has 6 aromatic rings. The van der Waals surface area contributed by atoms with Gasteiger partial charge in [0.05, 0.1) is 59.9 Å². The quantitative estimate of drug-likeness (QED) is 0.0746. The van der Waals surface area contributed by atoms with Crippen LogP contribution in [0.15, 0.2) is 154 Å². The maximum absolute atomic E-state index is 18.1. The highest BCUT2D eigenvalue weighted by molar-refractivity contribution is 8.13. The first-order valence-corrected chi connectivity index (χ1v) is 31.0. The molecule has 4 heterocycles. The number of aliphatic hydroxyl groups excluding tert-OH is 2. The fourth-order valence-corrected chi connectivity index (χ4v) is 19.0. The van der Waals surface area contributed by atoms with Crippen molar-refractivity contribution in [1.29, 1.82) is 0 Å². The number of carbonyl (C=O) groups is 4. The second-order valence-electron chi connectivity index (χ2n) is 26.4. The molecule has 8 aliphatic rings. The molecule has 4 aromatic heterocycles. The fourth-order valence-electron chi connectivity index (χ4n) is 18.2. The number of aromatic nitrogens is 4. The molecule has 0 radical (unpaired) electrons. The Labute approximate surface area is 518 Å². The van der Waals surface area contributed by atoms with E-state index in [4.69, 9.17) is 23.0 Å². The highest BCUT2D eigenvalue weighted by Crippen LogP contribution is 2.74. The molecule has 14 rings (SSSR count). The highest BCUT2D eigenvalue weighted by atomic mass is 32.2. The number of carbonyl (C=O) groups excluding carboxylic acids is 4. The average molecular weight is 1260 g/mol. The zero-order chi connectivity index (χ0) is 63.9. The number of hydrogen-bond donors (Lipinski definition) is 2. The topological polar surface area (TPSA) is 198 Å². The van der Waals surface area contributed by atoms with Crippen molar-refractivity contribution in [3.8, 4) is 11.4 Å². The van der Waals surface area contributed by atoms with E-state index in [0.29, 0.717) is 34.3 Å². The number of ether oxygens (including phenoxy) is 3. The number of para-hydroxylation sites is 2. The Morgan fingerprint density at radius 3 is 1.47 bits per heavy atom. The van der Waals surface area contributed by atoms with Crippen LogP contribution in [0.4, 0.5) is 26.3 Å². The molecule has 0 saturated heterocycles. The number of aliphatic hydroxyl groups is 2. The molecule has 0 bridgehead atoms. The molecule has 4 fully saturated rings. The number of benzene rings is 2. The average Bonchev–Trinajstić information content (AvgIpc) is 1.32. The summed E-state index contributed by atoms with van der Waals surface area (Å²) in [5.74, 6) is -10.1. The van der Waals surface area contributed by atoms with Crippen molar-refractivity contribution < 1.29 is 78.8 Å². The Balaban J connectivity index is 0.000000165. The molecule has 0 spiro atoms. The van der Waals surface area contributed by atoms with E-state index in [0.717, 1.165) is 11.4 Å². The summed E-state index contributed by atoms with van der Waals surface area (Å²) in [4.78, 5) is 54.0. The summed E-state index contributed by atoms with van der Waals surface area (Å²) in [5.41, 5.74) is -10.1. The van der Waals surface area contributed by atoms with Crippen molar-refractivity contribution in [3.05, 3.63) is 179 Å². The van der Waals surface area contributed by atoms with Crippen LogP contribution >= 0.6 is 11.8 Å². The number of alkyl halides is 4. The summed E-state index contributed by atoms with van der Waals surface area (Å²) >= 11 is 0.368. The third-order valence-corrected chi connectivity index (χ3v) is 23.1. The van der Waals surface area contributed by atoms with Crippen LogP contribution in [0, 0.1) is 57.2 Å². The summed E-state index contributed by atoms with van der Waals surface area (Å²) in [5, 5.41) is 32.1. The molecule has 0 aliphatic heterocycles. The number of esters is 3. The van der Waals surface area contributed by atoms with Gasteiger partial charge in [-0.15, -0.1) is 0 Å². The van der Waals surface area contributed by atoms with Gasteiger partial charge in [-0.25, -0.2) is 50.1 Å². The van der Waals surface area contributed by atoms with Crippen molar-refractivity contribution in [2.24, 2.45) is 57.2 Å². The monoisotopic (exact) mass is 1260 g/mol. The molecule has 2 N–H and O–H groups in total. The predicted molar refractivity (Wildman–Crippen MR) is 316 cm³/mol. The van der Waals surface area contributed by atoms with Gasteiger partial charge in [-0.05, 0) is 157 Å². The van der Waals surface area contributed by atoms with Gasteiger partial charge in [0.25, 0.3) is 0 Å².